The molecule has 1 heterocycles. The number of methoxy groups -OCH3 is 1. The van der Waals surface area contributed by atoms with Crippen molar-refractivity contribution in [1.29, 1.82) is 0 Å². The van der Waals surface area contributed by atoms with Crippen molar-refractivity contribution in [2.24, 2.45) is 0 Å². The summed E-state index contributed by atoms with van der Waals surface area (Å²) in [5.74, 6) is 0.754. The Balaban J connectivity index is 1.65. The van der Waals surface area contributed by atoms with Gasteiger partial charge in [-0.2, -0.15) is 0 Å². The number of benzene rings is 2. The van der Waals surface area contributed by atoms with E-state index in [4.69, 9.17) is 4.74 Å². The standard InChI is InChI=1S/C20H20N2O2/c1-24-18-9-6-7-16(13-18)14-20(23)21-15-17-8-2-3-10-19(17)22-11-4-5-12-22/h2-13H,14-15H2,1H3,(H,21,23). The average Bonchev–Trinajstić information content (AvgIpc) is 3.15. The number of carbonyl (C=O) groups is 1. The van der Waals surface area contributed by atoms with Crippen molar-refractivity contribution < 1.29 is 9.53 Å². The van der Waals surface area contributed by atoms with E-state index in [9.17, 15) is 4.79 Å². The smallest absolute Gasteiger partial charge is 0.224 e. The largest absolute Gasteiger partial charge is 0.497 e. The molecule has 0 fully saturated rings. The maximum atomic E-state index is 12.2. The van der Waals surface area contributed by atoms with Crippen LogP contribution in [0.2, 0.25) is 0 Å². The summed E-state index contributed by atoms with van der Waals surface area (Å²) in [7, 11) is 1.62. The maximum Gasteiger partial charge on any atom is 0.224 e. The molecule has 0 unspecified atom stereocenters. The summed E-state index contributed by atoms with van der Waals surface area (Å²) in [6.07, 6.45) is 4.33. The van der Waals surface area contributed by atoms with Crippen LogP contribution in [0.1, 0.15) is 11.1 Å². The van der Waals surface area contributed by atoms with Crippen LogP contribution in [-0.2, 0) is 17.8 Å². The van der Waals surface area contributed by atoms with Crippen molar-refractivity contribution in [3.05, 3.63) is 84.2 Å². The number of para-hydroxylation sites is 1. The van der Waals surface area contributed by atoms with Gasteiger partial charge in [-0.25, -0.2) is 0 Å². The van der Waals surface area contributed by atoms with Crippen molar-refractivity contribution >= 4 is 5.91 Å². The molecule has 0 radical (unpaired) electrons. The van der Waals surface area contributed by atoms with Crippen LogP contribution in [-0.4, -0.2) is 17.6 Å². The molecule has 4 heteroatoms. The molecule has 3 aromatic rings. The van der Waals surface area contributed by atoms with Gasteiger partial charge >= 0.3 is 0 Å². The van der Waals surface area contributed by atoms with E-state index in [1.807, 2.05) is 77.6 Å². The van der Waals surface area contributed by atoms with E-state index in [1.54, 1.807) is 7.11 Å². The Morgan fingerprint density at radius 2 is 1.83 bits per heavy atom. The van der Waals surface area contributed by atoms with Crippen LogP contribution >= 0.6 is 0 Å². The summed E-state index contributed by atoms with van der Waals surface area (Å²) < 4.78 is 7.23. The fraction of sp³-hybridized carbons (Fsp3) is 0.150. The maximum absolute atomic E-state index is 12.2. The molecule has 0 saturated heterocycles. The predicted octanol–water partition coefficient (Wildman–Crippen LogP) is 3.34. The number of nitrogens with zero attached hydrogens (tertiary/aromatic N) is 1. The van der Waals surface area contributed by atoms with Gasteiger partial charge in [0.15, 0.2) is 0 Å². The fourth-order valence-corrected chi connectivity index (χ4v) is 2.63. The zero-order valence-electron chi connectivity index (χ0n) is 13.6. The van der Waals surface area contributed by atoms with Gasteiger partial charge in [0.1, 0.15) is 5.75 Å². The summed E-state index contributed by atoms with van der Waals surface area (Å²) in [6.45, 7) is 0.497. The van der Waals surface area contributed by atoms with E-state index >= 15 is 0 Å². The molecule has 24 heavy (non-hydrogen) atoms. The minimum absolute atomic E-state index is 0.00874. The summed E-state index contributed by atoms with van der Waals surface area (Å²) in [5.41, 5.74) is 3.09. The van der Waals surface area contributed by atoms with Crippen LogP contribution in [0.4, 0.5) is 0 Å². The molecule has 122 valence electrons. The number of aromatic nitrogens is 1. The monoisotopic (exact) mass is 320 g/mol. The molecule has 0 bridgehead atoms. The number of rotatable bonds is 6. The molecule has 0 aliphatic rings. The zero-order chi connectivity index (χ0) is 16.8. The van der Waals surface area contributed by atoms with Gasteiger partial charge in [0, 0.05) is 24.6 Å². The van der Waals surface area contributed by atoms with Crippen LogP contribution < -0.4 is 10.1 Å². The molecule has 4 nitrogen and oxygen atoms in total. The van der Waals surface area contributed by atoms with E-state index in [2.05, 4.69) is 5.32 Å². The summed E-state index contributed by atoms with van der Waals surface area (Å²) in [5, 5.41) is 2.99. The zero-order valence-corrected chi connectivity index (χ0v) is 13.6. The SMILES string of the molecule is COc1cccc(CC(=O)NCc2ccccc2-n2cccc2)c1. The van der Waals surface area contributed by atoms with Gasteiger partial charge in [-0.05, 0) is 41.5 Å². The lowest BCUT2D eigenvalue weighted by Gasteiger charge is -2.12. The van der Waals surface area contributed by atoms with Crippen LogP contribution in [0, 0.1) is 0 Å². The van der Waals surface area contributed by atoms with Crippen LogP contribution in [0.15, 0.2) is 73.1 Å². The van der Waals surface area contributed by atoms with Crippen molar-refractivity contribution in [3.63, 3.8) is 0 Å². The molecule has 0 aliphatic carbocycles. The molecule has 0 spiro atoms. The normalized spacial score (nSPS) is 10.4. The number of carbonyl (C=O) groups excluding carboxylic acids is 1. The van der Waals surface area contributed by atoms with Gasteiger partial charge in [0.05, 0.1) is 13.5 Å². The number of hydrogen-bond donors (Lipinski definition) is 1. The third-order valence-corrected chi connectivity index (χ3v) is 3.85. The second-order valence-corrected chi connectivity index (χ2v) is 5.52. The van der Waals surface area contributed by atoms with Crippen LogP contribution in [0.3, 0.4) is 0 Å². The van der Waals surface area contributed by atoms with Crippen LogP contribution in [0.5, 0.6) is 5.75 Å². The second-order valence-electron chi connectivity index (χ2n) is 5.52. The first-order chi connectivity index (χ1) is 11.8. The first-order valence-electron chi connectivity index (χ1n) is 7.87. The Morgan fingerprint density at radius 1 is 1.04 bits per heavy atom. The Labute approximate surface area is 141 Å². The third kappa shape index (κ3) is 3.84. The highest BCUT2D eigenvalue weighted by molar-refractivity contribution is 5.78. The summed E-state index contributed by atoms with van der Waals surface area (Å²) in [6, 6.07) is 19.6. The Morgan fingerprint density at radius 3 is 2.62 bits per heavy atom. The molecular formula is C20H20N2O2. The lowest BCUT2D eigenvalue weighted by molar-refractivity contribution is -0.120. The van der Waals surface area contributed by atoms with E-state index in [0.717, 1.165) is 22.6 Å². The van der Waals surface area contributed by atoms with Gasteiger partial charge in [-0.1, -0.05) is 30.3 Å². The minimum atomic E-state index is -0.00874. The summed E-state index contributed by atoms with van der Waals surface area (Å²) >= 11 is 0. The lowest BCUT2D eigenvalue weighted by atomic mass is 10.1. The molecule has 0 atom stereocenters. The van der Waals surface area contributed by atoms with E-state index < -0.39 is 0 Å². The lowest BCUT2D eigenvalue weighted by Crippen LogP contribution is -2.25. The Bertz CT molecular complexity index is 810. The summed E-state index contributed by atoms with van der Waals surface area (Å²) in [4.78, 5) is 12.2. The molecule has 1 amide bonds. The average molecular weight is 320 g/mol. The van der Waals surface area contributed by atoms with E-state index in [0.29, 0.717) is 13.0 Å². The molecule has 1 aromatic heterocycles. The topological polar surface area (TPSA) is 43.3 Å². The molecule has 1 N–H and O–H groups in total. The quantitative estimate of drug-likeness (QED) is 0.757. The number of hydrogen-bond acceptors (Lipinski definition) is 2. The predicted molar refractivity (Wildman–Crippen MR) is 94.3 cm³/mol. The van der Waals surface area contributed by atoms with Gasteiger partial charge in [0.25, 0.3) is 0 Å². The van der Waals surface area contributed by atoms with Crippen molar-refractivity contribution in [2.75, 3.05) is 7.11 Å². The van der Waals surface area contributed by atoms with Crippen molar-refractivity contribution in [2.45, 2.75) is 13.0 Å². The van der Waals surface area contributed by atoms with Crippen molar-refractivity contribution in [1.82, 2.24) is 9.88 Å². The minimum Gasteiger partial charge on any atom is -0.497 e. The fourth-order valence-electron chi connectivity index (χ4n) is 2.63. The number of ether oxygens (including phenoxy) is 1. The van der Waals surface area contributed by atoms with E-state index in [-0.39, 0.29) is 5.91 Å². The number of nitrogens with one attached hydrogen (secondary N) is 1. The first kappa shape index (κ1) is 15.9. The van der Waals surface area contributed by atoms with Gasteiger partial charge in [0.2, 0.25) is 5.91 Å². The Kier molecular flexibility index (Phi) is 4.96. The molecular weight excluding hydrogens is 300 g/mol. The van der Waals surface area contributed by atoms with Gasteiger partial charge in [-0.3, -0.25) is 4.79 Å². The highest BCUT2D eigenvalue weighted by Gasteiger charge is 2.07. The highest BCUT2D eigenvalue weighted by atomic mass is 16.5. The molecule has 2 aromatic carbocycles. The molecule has 0 saturated carbocycles. The molecule has 3 rings (SSSR count). The third-order valence-electron chi connectivity index (χ3n) is 3.85. The molecule has 0 aliphatic heterocycles. The Hall–Kier alpha value is -3.01. The second kappa shape index (κ2) is 7.51. The van der Waals surface area contributed by atoms with Gasteiger partial charge < -0.3 is 14.6 Å². The van der Waals surface area contributed by atoms with Crippen molar-refractivity contribution in [3.8, 4) is 11.4 Å². The number of amides is 1. The highest BCUT2D eigenvalue weighted by Crippen LogP contribution is 2.15. The van der Waals surface area contributed by atoms with E-state index in [1.165, 1.54) is 0 Å². The van der Waals surface area contributed by atoms with Gasteiger partial charge in [-0.15, -0.1) is 0 Å². The van der Waals surface area contributed by atoms with Crippen LogP contribution in [0.25, 0.3) is 5.69 Å². The first-order valence-corrected chi connectivity index (χ1v) is 7.87.